The Balaban J connectivity index is -0.000000178. The zero-order chi connectivity index (χ0) is 9.98. The summed E-state index contributed by atoms with van der Waals surface area (Å²) in [6.07, 6.45) is 0. The molecule has 1 rings (SSSR count). The van der Waals surface area contributed by atoms with Crippen LogP contribution in [-0.2, 0) is 32.7 Å². The van der Waals surface area contributed by atoms with Crippen molar-refractivity contribution < 1.29 is 32.7 Å². The molecule has 0 amide bonds. The topological polar surface area (TPSA) is 0 Å². The molecule has 73 valence electrons. The van der Waals surface area contributed by atoms with Gasteiger partial charge in [0, 0.05) is 69.9 Å². The van der Waals surface area contributed by atoms with E-state index in [0.717, 1.165) is 0 Å². The fraction of sp³-hybridized carbons (Fsp3) is 0.400. The van der Waals surface area contributed by atoms with Crippen LogP contribution in [0, 0.1) is 19.9 Å². The smallest absolute Gasteiger partial charge is 0 e. The fourth-order valence-electron chi connectivity index (χ4n) is 0.604. The molecule has 0 aliphatic carbocycles. The molecule has 0 aliphatic heterocycles. The van der Waals surface area contributed by atoms with Gasteiger partial charge in [0.05, 0.1) is 0 Å². The van der Waals surface area contributed by atoms with Gasteiger partial charge < -0.3 is 0 Å². The molecule has 13 heavy (non-hydrogen) atoms. The predicted octanol–water partition coefficient (Wildman–Crippen LogP) is 4.90. The zero-order valence-electron chi connectivity index (χ0n) is 8.57. The Morgan fingerprint density at radius 3 is 1.85 bits per heavy atom. The molecule has 0 nitrogen and oxygen atoms in total. The van der Waals surface area contributed by atoms with Gasteiger partial charge in [-0.15, -0.1) is 0 Å². The van der Waals surface area contributed by atoms with E-state index in [0.29, 0.717) is 0 Å². The van der Waals surface area contributed by atoms with E-state index in [9.17, 15) is 0 Å². The second-order valence-electron chi connectivity index (χ2n) is 1.98. The van der Waals surface area contributed by atoms with Crippen LogP contribution < -0.4 is 0 Å². The maximum absolute atomic E-state index is 3.10. The third-order valence-electron chi connectivity index (χ3n) is 1.33. The summed E-state index contributed by atoms with van der Waals surface area (Å²) in [5.74, 6) is 0. The first-order valence-corrected chi connectivity index (χ1v) is 10.2. The second kappa shape index (κ2) is 16.2. The molecule has 0 saturated heterocycles. The Morgan fingerprint density at radius 1 is 1.15 bits per heavy atom. The van der Waals surface area contributed by atoms with Crippen molar-refractivity contribution in [3.05, 3.63) is 35.4 Å². The first-order valence-electron chi connectivity index (χ1n) is 3.89. The van der Waals surface area contributed by atoms with Crippen molar-refractivity contribution in [3.63, 3.8) is 0 Å². The SMILES string of the molecule is CC.Cc1[c-]cccc1C.II.[Y]. The van der Waals surface area contributed by atoms with E-state index >= 15 is 0 Å². The predicted molar refractivity (Wildman–Crippen MR) is 74.1 cm³/mol. The van der Waals surface area contributed by atoms with E-state index in [1.165, 1.54) is 11.1 Å². The quantitative estimate of drug-likeness (QED) is 0.368. The first kappa shape index (κ1) is 20.2. The molecule has 0 unspecified atom stereocenters. The minimum Gasteiger partial charge on any atom is -0.180 e. The number of benzene rings is 1. The summed E-state index contributed by atoms with van der Waals surface area (Å²) in [6.45, 7) is 8.15. The van der Waals surface area contributed by atoms with Gasteiger partial charge in [-0.3, -0.25) is 0 Å². The van der Waals surface area contributed by atoms with Gasteiger partial charge in [-0.1, -0.05) is 27.7 Å². The number of hydrogen-bond acceptors (Lipinski definition) is 0. The minimum atomic E-state index is 0. The molecule has 0 saturated carbocycles. The summed E-state index contributed by atoms with van der Waals surface area (Å²) in [5.41, 5.74) is 2.56. The molecule has 0 fully saturated rings. The van der Waals surface area contributed by atoms with E-state index in [4.69, 9.17) is 0 Å². The van der Waals surface area contributed by atoms with Crippen molar-refractivity contribution in [2.24, 2.45) is 0 Å². The Labute approximate surface area is 131 Å². The third kappa shape index (κ3) is 11.7. The van der Waals surface area contributed by atoms with E-state index in [2.05, 4.69) is 63.2 Å². The van der Waals surface area contributed by atoms with Crippen LogP contribution in [0.5, 0.6) is 0 Å². The number of halogens is 2. The van der Waals surface area contributed by atoms with Gasteiger partial charge in [-0.05, 0) is 0 Å². The van der Waals surface area contributed by atoms with Gasteiger partial charge in [0.15, 0.2) is 0 Å². The second-order valence-corrected chi connectivity index (χ2v) is 1.98. The summed E-state index contributed by atoms with van der Waals surface area (Å²) in [5, 5.41) is 0. The molecule has 0 N–H and O–H groups in total. The Kier molecular flexibility index (Phi) is 25.2. The summed E-state index contributed by atoms with van der Waals surface area (Å²) in [6, 6.07) is 9.12. The summed E-state index contributed by atoms with van der Waals surface area (Å²) in [4.78, 5) is 0. The fourth-order valence-corrected chi connectivity index (χ4v) is 0.604. The molecule has 0 spiro atoms. The molecule has 1 radical (unpaired) electrons. The van der Waals surface area contributed by atoms with Gasteiger partial charge in [0.2, 0.25) is 0 Å². The summed E-state index contributed by atoms with van der Waals surface area (Å²) >= 11 is 4.24. The standard InChI is InChI=1S/C8H9.C2H6.I2.Y/c1-7-5-3-4-6-8(7)2;2*1-2;/h3-5H,1-2H3;1-2H3;;/q-1;;;. The van der Waals surface area contributed by atoms with Crippen molar-refractivity contribution >= 4 is 37.2 Å². The van der Waals surface area contributed by atoms with Gasteiger partial charge >= 0.3 is 0 Å². The monoisotopic (exact) mass is 478 g/mol. The van der Waals surface area contributed by atoms with E-state index < -0.39 is 0 Å². The van der Waals surface area contributed by atoms with Crippen LogP contribution in [0.4, 0.5) is 0 Å². The van der Waals surface area contributed by atoms with Crippen molar-refractivity contribution in [1.29, 1.82) is 0 Å². The molecule has 0 atom stereocenters. The molecule has 1 aromatic rings. The van der Waals surface area contributed by atoms with Crippen LogP contribution in [0.1, 0.15) is 25.0 Å². The van der Waals surface area contributed by atoms with Crippen LogP contribution in [0.15, 0.2) is 18.2 Å². The third-order valence-corrected chi connectivity index (χ3v) is 1.33. The zero-order valence-corrected chi connectivity index (χ0v) is 15.7. The van der Waals surface area contributed by atoms with Crippen molar-refractivity contribution in [1.82, 2.24) is 0 Å². The Hall–Kier alpha value is 1.78. The van der Waals surface area contributed by atoms with Crippen LogP contribution in [0.2, 0.25) is 0 Å². The molecular weight excluding hydrogens is 463 g/mol. The maximum Gasteiger partial charge on any atom is 0 e. The number of rotatable bonds is 0. The van der Waals surface area contributed by atoms with E-state index in [-0.39, 0.29) is 32.7 Å². The number of aryl methyl sites for hydroxylation is 2. The van der Waals surface area contributed by atoms with E-state index in [1.54, 1.807) is 0 Å². The van der Waals surface area contributed by atoms with Crippen LogP contribution in [-0.4, -0.2) is 0 Å². The minimum absolute atomic E-state index is 0. The maximum atomic E-state index is 3.10. The molecule has 0 aromatic heterocycles. The van der Waals surface area contributed by atoms with Crippen LogP contribution in [0.3, 0.4) is 0 Å². The summed E-state index contributed by atoms with van der Waals surface area (Å²) in [7, 11) is 0. The van der Waals surface area contributed by atoms with Crippen molar-refractivity contribution in [2.75, 3.05) is 0 Å². The molecule has 0 bridgehead atoms. The largest absolute Gasteiger partial charge is 0.180 e. The van der Waals surface area contributed by atoms with Crippen LogP contribution in [0.25, 0.3) is 0 Å². The summed E-state index contributed by atoms with van der Waals surface area (Å²) < 4.78 is 0. The molecule has 0 heterocycles. The van der Waals surface area contributed by atoms with Gasteiger partial charge in [-0.25, -0.2) is 0 Å². The Bertz CT molecular complexity index is 169. The van der Waals surface area contributed by atoms with Gasteiger partial charge in [-0.2, -0.15) is 35.4 Å². The van der Waals surface area contributed by atoms with Crippen LogP contribution >= 0.6 is 37.2 Å². The number of hydrogen-bond donors (Lipinski definition) is 0. The molecule has 3 heteroatoms. The average molecular weight is 478 g/mol. The molecule has 0 aliphatic rings. The van der Waals surface area contributed by atoms with E-state index in [1.807, 2.05) is 26.0 Å². The average Bonchev–Trinajstić information content (AvgIpc) is 2.17. The molecule has 1 aromatic carbocycles. The van der Waals surface area contributed by atoms with Gasteiger partial charge in [0.25, 0.3) is 0 Å². The normalized spacial score (nSPS) is 6.62. The first-order chi connectivity index (χ1) is 5.80. The Morgan fingerprint density at radius 2 is 1.62 bits per heavy atom. The van der Waals surface area contributed by atoms with Crippen molar-refractivity contribution in [3.8, 4) is 0 Å². The molecular formula is C10H15I2Y-. The van der Waals surface area contributed by atoms with Crippen molar-refractivity contribution in [2.45, 2.75) is 27.7 Å². The van der Waals surface area contributed by atoms with Gasteiger partial charge in [0.1, 0.15) is 0 Å².